The zero-order valence-electron chi connectivity index (χ0n) is 20.9. The molecule has 204 valence electrons. The molecule has 1 atom stereocenters. The second-order valence-corrected chi connectivity index (χ2v) is 10.7. The Morgan fingerprint density at radius 1 is 1.15 bits per heavy atom. The molecule has 10 nitrogen and oxygen atoms in total. The minimum atomic E-state index is -1.25. The number of nitrogens with one attached hydrogen (secondary N) is 1. The molecule has 1 saturated heterocycles. The van der Waals surface area contributed by atoms with E-state index in [-0.39, 0.29) is 35.9 Å². The van der Waals surface area contributed by atoms with Gasteiger partial charge in [0.15, 0.2) is 11.6 Å². The summed E-state index contributed by atoms with van der Waals surface area (Å²) < 4.78 is 41.6. The van der Waals surface area contributed by atoms with E-state index in [0.29, 0.717) is 42.8 Å². The number of ether oxygens (including phenoxy) is 2. The molecule has 3 aromatic rings. The number of fused-ring (bicyclic) bond motifs is 2. The highest BCUT2D eigenvalue weighted by Crippen LogP contribution is 2.39. The molecule has 6 rings (SSSR count). The van der Waals surface area contributed by atoms with Crippen molar-refractivity contribution in [1.29, 1.82) is 0 Å². The SMILES string of the molecule is COc1c(F)c(F)cc2c(=O)n(CCC[C@H]3CN(c4ccc5c(c4)NC(=O)CS5)C(=O)O3)c(=O)n(C3CC3)c12. The smallest absolute Gasteiger partial charge is 0.414 e. The van der Waals surface area contributed by atoms with Crippen LogP contribution >= 0.6 is 11.8 Å². The molecular formula is C26H24F2N4O6S. The van der Waals surface area contributed by atoms with Gasteiger partial charge < -0.3 is 14.8 Å². The predicted molar refractivity (Wildman–Crippen MR) is 140 cm³/mol. The van der Waals surface area contributed by atoms with E-state index >= 15 is 0 Å². The molecule has 2 aromatic carbocycles. The van der Waals surface area contributed by atoms with E-state index in [0.717, 1.165) is 22.6 Å². The number of benzene rings is 2. The molecule has 1 aliphatic carbocycles. The molecule has 1 N–H and O–H groups in total. The number of amides is 2. The fourth-order valence-corrected chi connectivity index (χ4v) is 5.90. The van der Waals surface area contributed by atoms with Gasteiger partial charge in [-0.3, -0.25) is 23.6 Å². The number of thioether (sulfide) groups is 1. The molecule has 1 aromatic heterocycles. The second-order valence-electron chi connectivity index (χ2n) is 9.72. The highest BCUT2D eigenvalue weighted by molar-refractivity contribution is 8.00. The van der Waals surface area contributed by atoms with Crippen LogP contribution in [0, 0.1) is 11.6 Å². The van der Waals surface area contributed by atoms with Crippen molar-refractivity contribution in [1.82, 2.24) is 9.13 Å². The highest BCUT2D eigenvalue weighted by atomic mass is 32.2. The van der Waals surface area contributed by atoms with Gasteiger partial charge in [0, 0.05) is 23.2 Å². The summed E-state index contributed by atoms with van der Waals surface area (Å²) in [6.45, 7) is 0.275. The van der Waals surface area contributed by atoms with Crippen molar-refractivity contribution < 1.29 is 27.8 Å². The number of carbonyl (C=O) groups is 2. The third-order valence-corrected chi connectivity index (χ3v) is 8.18. The fourth-order valence-electron chi connectivity index (χ4n) is 5.11. The number of anilines is 2. The zero-order valence-corrected chi connectivity index (χ0v) is 21.7. The Morgan fingerprint density at radius 2 is 1.95 bits per heavy atom. The quantitative estimate of drug-likeness (QED) is 0.471. The van der Waals surface area contributed by atoms with Gasteiger partial charge in [0.2, 0.25) is 11.7 Å². The number of cyclic esters (lactones) is 1. The van der Waals surface area contributed by atoms with E-state index in [4.69, 9.17) is 9.47 Å². The topological polar surface area (TPSA) is 112 Å². The number of hydrogen-bond acceptors (Lipinski definition) is 7. The van der Waals surface area contributed by atoms with Crippen molar-refractivity contribution in [3.8, 4) is 5.75 Å². The summed E-state index contributed by atoms with van der Waals surface area (Å²) in [6.07, 6.45) is 1.04. The Labute approximate surface area is 224 Å². The molecule has 2 aliphatic heterocycles. The average molecular weight is 559 g/mol. The van der Waals surface area contributed by atoms with Crippen LogP contribution in [0.15, 0.2) is 38.8 Å². The number of nitrogens with zero attached hydrogens (tertiary/aromatic N) is 3. The molecule has 0 bridgehead atoms. The Bertz CT molecular complexity index is 1650. The van der Waals surface area contributed by atoms with E-state index in [1.807, 2.05) is 6.07 Å². The van der Waals surface area contributed by atoms with Crippen LogP contribution < -0.4 is 26.2 Å². The average Bonchev–Trinajstić information content (AvgIpc) is 3.68. The van der Waals surface area contributed by atoms with Crippen molar-refractivity contribution >= 4 is 46.0 Å². The van der Waals surface area contributed by atoms with Crippen LogP contribution in [-0.4, -0.2) is 46.6 Å². The van der Waals surface area contributed by atoms with Crippen LogP contribution in [0.1, 0.15) is 31.7 Å². The molecular weight excluding hydrogens is 534 g/mol. The number of aromatic nitrogens is 2. The third-order valence-electron chi connectivity index (χ3n) is 7.11. The summed E-state index contributed by atoms with van der Waals surface area (Å²) in [6, 6.07) is 5.94. The summed E-state index contributed by atoms with van der Waals surface area (Å²) in [5.41, 5.74) is -0.155. The monoisotopic (exact) mass is 558 g/mol. The van der Waals surface area contributed by atoms with Crippen molar-refractivity contribution in [3.63, 3.8) is 0 Å². The van der Waals surface area contributed by atoms with Gasteiger partial charge in [-0.2, -0.15) is 4.39 Å². The van der Waals surface area contributed by atoms with E-state index in [9.17, 15) is 28.0 Å². The van der Waals surface area contributed by atoms with E-state index in [1.54, 1.807) is 12.1 Å². The van der Waals surface area contributed by atoms with Gasteiger partial charge in [-0.1, -0.05) is 0 Å². The lowest BCUT2D eigenvalue weighted by Crippen LogP contribution is -2.40. The normalized spacial score (nSPS) is 18.7. The van der Waals surface area contributed by atoms with Gasteiger partial charge >= 0.3 is 11.8 Å². The molecule has 0 unspecified atom stereocenters. The number of carbonyl (C=O) groups excluding carboxylic acids is 2. The molecule has 3 aliphatic rings. The van der Waals surface area contributed by atoms with Crippen LogP contribution in [0.3, 0.4) is 0 Å². The van der Waals surface area contributed by atoms with Crippen LogP contribution in [0.2, 0.25) is 0 Å². The summed E-state index contributed by atoms with van der Waals surface area (Å²) in [5.74, 6) is -2.71. The maximum absolute atomic E-state index is 14.4. The molecule has 2 amide bonds. The van der Waals surface area contributed by atoms with Crippen LogP contribution in [0.5, 0.6) is 5.75 Å². The Morgan fingerprint density at radius 3 is 2.69 bits per heavy atom. The minimum Gasteiger partial charge on any atom is -0.491 e. The highest BCUT2D eigenvalue weighted by Gasteiger charge is 2.34. The first kappa shape index (κ1) is 25.4. The molecule has 3 heterocycles. The number of halogens is 2. The van der Waals surface area contributed by atoms with E-state index in [2.05, 4.69) is 5.32 Å². The first-order valence-electron chi connectivity index (χ1n) is 12.5. The Hall–Kier alpha value is -3.87. The summed E-state index contributed by atoms with van der Waals surface area (Å²) in [5, 5.41) is 2.67. The summed E-state index contributed by atoms with van der Waals surface area (Å²) in [7, 11) is 1.16. The lowest BCUT2D eigenvalue weighted by atomic mass is 10.1. The predicted octanol–water partition coefficient (Wildman–Crippen LogP) is 3.63. The van der Waals surface area contributed by atoms with E-state index in [1.165, 1.54) is 21.2 Å². The van der Waals surface area contributed by atoms with Crippen molar-refractivity contribution in [2.75, 3.05) is 29.6 Å². The standard InChI is InChI=1S/C26H24F2N4O6S/c1-37-23-21(28)17(27)10-16-22(23)32(13-4-5-13)25(35)30(24(16)34)8-2-3-15-11-31(26(36)38-15)14-6-7-19-18(9-14)29-20(33)12-39-19/h6-7,9-10,13,15H,2-5,8,11-12H2,1H3,(H,29,33)/t15-/m0/s1. The third kappa shape index (κ3) is 4.44. The maximum atomic E-state index is 14.4. The second kappa shape index (κ2) is 9.70. The molecule has 13 heteroatoms. The van der Waals surface area contributed by atoms with Gasteiger partial charge in [0.1, 0.15) is 11.6 Å². The lowest BCUT2D eigenvalue weighted by molar-refractivity contribution is -0.113. The van der Waals surface area contributed by atoms with Crippen molar-refractivity contribution in [3.05, 3.63) is 56.7 Å². The van der Waals surface area contributed by atoms with E-state index < -0.39 is 40.8 Å². The van der Waals surface area contributed by atoms with Gasteiger partial charge in [-0.15, -0.1) is 11.8 Å². The minimum absolute atomic E-state index is 0.0117. The summed E-state index contributed by atoms with van der Waals surface area (Å²) >= 11 is 1.42. The van der Waals surface area contributed by atoms with Crippen LogP contribution in [0.25, 0.3) is 10.9 Å². The Kier molecular flexibility index (Phi) is 6.32. The van der Waals surface area contributed by atoms with Gasteiger partial charge in [0.25, 0.3) is 5.56 Å². The lowest BCUT2D eigenvalue weighted by Gasteiger charge is -2.20. The number of methoxy groups -OCH3 is 1. The molecule has 0 spiro atoms. The molecule has 0 radical (unpaired) electrons. The largest absolute Gasteiger partial charge is 0.491 e. The molecule has 2 fully saturated rings. The van der Waals surface area contributed by atoms with Gasteiger partial charge in [-0.05, 0) is 49.9 Å². The number of hydrogen-bond donors (Lipinski definition) is 1. The van der Waals surface area contributed by atoms with Crippen LogP contribution in [-0.2, 0) is 16.1 Å². The van der Waals surface area contributed by atoms with Crippen molar-refractivity contribution in [2.45, 2.75) is 49.3 Å². The first-order valence-corrected chi connectivity index (χ1v) is 13.5. The molecule has 1 saturated carbocycles. The zero-order chi connectivity index (χ0) is 27.4. The number of rotatable bonds is 7. The first-order chi connectivity index (χ1) is 18.8. The maximum Gasteiger partial charge on any atom is 0.414 e. The van der Waals surface area contributed by atoms with Crippen molar-refractivity contribution in [2.24, 2.45) is 0 Å². The van der Waals surface area contributed by atoms with Crippen LogP contribution in [0.4, 0.5) is 25.0 Å². The fraction of sp³-hybridized carbons (Fsp3) is 0.385. The van der Waals surface area contributed by atoms with Gasteiger partial charge in [-0.25, -0.2) is 14.0 Å². The summed E-state index contributed by atoms with van der Waals surface area (Å²) in [4.78, 5) is 53.2. The van der Waals surface area contributed by atoms with Gasteiger partial charge in [0.05, 0.1) is 30.5 Å². The molecule has 39 heavy (non-hydrogen) atoms. The Balaban J connectivity index is 1.21.